The van der Waals surface area contributed by atoms with Gasteiger partial charge in [-0.2, -0.15) is 0 Å². The molecule has 2 aromatic heterocycles. The first-order valence-electron chi connectivity index (χ1n) is 4.65. The number of aromatic nitrogens is 2. The maximum atomic E-state index is 5.09. The maximum absolute atomic E-state index is 5.09. The molecule has 0 N–H and O–H groups in total. The van der Waals surface area contributed by atoms with E-state index < -0.39 is 0 Å². The minimum Gasteiger partial charge on any atom is -0.378 e. The molecule has 0 saturated heterocycles. The van der Waals surface area contributed by atoms with Gasteiger partial charge in [0.05, 0.1) is 12.3 Å². The Morgan fingerprint density at radius 3 is 2.93 bits per heavy atom. The molecule has 74 valence electrons. The molecule has 0 amide bonds. The Labute approximate surface area is 83.3 Å². The van der Waals surface area contributed by atoms with Gasteiger partial charge in [0, 0.05) is 19.0 Å². The molecule has 3 nitrogen and oxygen atoms in total. The molecule has 2 aromatic rings. The van der Waals surface area contributed by atoms with E-state index in [4.69, 9.17) is 4.74 Å². The van der Waals surface area contributed by atoms with Gasteiger partial charge in [-0.05, 0) is 31.5 Å². The van der Waals surface area contributed by atoms with E-state index in [0.29, 0.717) is 6.61 Å². The molecule has 0 aliphatic rings. The van der Waals surface area contributed by atoms with Crippen LogP contribution in [-0.2, 0) is 11.3 Å². The Balaban J connectivity index is 2.61. The third-order valence-corrected chi connectivity index (χ3v) is 2.40. The van der Waals surface area contributed by atoms with E-state index >= 15 is 0 Å². The predicted molar refractivity (Wildman–Crippen MR) is 55.4 cm³/mol. The molecule has 2 heterocycles. The molecule has 0 spiro atoms. The number of imidazole rings is 1. The fourth-order valence-corrected chi connectivity index (χ4v) is 1.59. The average molecular weight is 190 g/mol. The van der Waals surface area contributed by atoms with E-state index in [1.54, 1.807) is 7.11 Å². The molecule has 0 radical (unpaired) electrons. The molecule has 0 bridgehead atoms. The minimum atomic E-state index is 0.576. The molecule has 3 heteroatoms. The Morgan fingerprint density at radius 2 is 2.21 bits per heavy atom. The van der Waals surface area contributed by atoms with Crippen LogP contribution in [0.1, 0.15) is 17.0 Å². The summed E-state index contributed by atoms with van der Waals surface area (Å²) >= 11 is 0. The van der Waals surface area contributed by atoms with Crippen molar-refractivity contribution in [3.05, 3.63) is 35.3 Å². The van der Waals surface area contributed by atoms with Gasteiger partial charge in [-0.3, -0.25) is 0 Å². The van der Waals surface area contributed by atoms with E-state index in [1.807, 2.05) is 6.20 Å². The molecule has 0 aliphatic heterocycles. The number of fused-ring (bicyclic) bond motifs is 1. The lowest BCUT2D eigenvalue weighted by Crippen LogP contribution is -1.91. The van der Waals surface area contributed by atoms with Crippen molar-refractivity contribution in [2.75, 3.05) is 7.11 Å². The number of ether oxygens (including phenoxy) is 1. The highest BCUT2D eigenvalue weighted by Crippen LogP contribution is 2.13. The largest absolute Gasteiger partial charge is 0.378 e. The van der Waals surface area contributed by atoms with E-state index in [-0.39, 0.29) is 0 Å². The van der Waals surface area contributed by atoms with Gasteiger partial charge in [0.15, 0.2) is 0 Å². The van der Waals surface area contributed by atoms with Crippen LogP contribution >= 0.6 is 0 Å². The highest BCUT2D eigenvalue weighted by Gasteiger charge is 2.06. The first-order valence-corrected chi connectivity index (χ1v) is 4.65. The zero-order chi connectivity index (χ0) is 10.1. The van der Waals surface area contributed by atoms with Gasteiger partial charge in [0.2, 0.25) is 0 Å². The monoisotopic (exact) mass is 190 g/mol. The van der Waals surface area contributed by atoms with Crippen LogP contribution in [0.3, 0.4) is 0 Å². The average Bonchev–Trinajstić information content (AvgIpc) is 2.44. The summed E-state index contributed by atoms with van der Waals surface area (Å²) in [4.78, 5) is 4.50. The van der Waals surface area contributed by atoms with Crippen LogP contribution in [0.25, 0.3) is 5.65 Å². The molecule has 0 atom stereocenters. The number of hydrogen-bond donors (Lipinski definition) is 0. The summed E-state index contributed by atoms with van der Waals surface area (Å²) in [6, 6.07) is 4.16. The summed E-state index contributed by atoms with van der Waals surface area (Å²) < 4.78 is 7.18. The molecule has 0 aromatic carbocycles. The molecular weight excluding hydrogens is 176 g/mol. The van der Waals surface area contributed by atoms with Crippen LogP contribution in [0.5, 0.6) is 0 Å². The van der Waals surface area contributed by atoms with Crippen LogP contribution in [0.2, 0.25) is 0 Å². The van der Waals surface area contributed by atoms with Crippen LogP contribution in [0, 0.1) is 13.8 Å². The van der Waals surface area contributed by atoms with E-state index in [0.717, 1.165) is 17.0 Å². The molecule has 0 saturated carbocycles. The Morgan fingerprint density at radius 1 is 1.43 bits per heavy atom. The van der Waals surface area contributed by atoms with Crippen molar-refractivity contribution in [2.45, 2.75) is 20.5 Å². The number of rotatable bonds is 2. The van der Waals surface area contributed by atoms with E-state index in [1.165, 1.54) is 5.56 Å². The quantitative estimate of drug-likeness (QED) is 0.725. The van der Waals surface area contributed by atoms with E-state index in [2.05, 4.69) is 35.4 Å². The Bertz CT molecular complexity index is 460. The first-order chi connectivity index (χ1) is 6.72. The van der Waals surface area contributed by atoms with Crippen LogP contribution in [0.15, 0.2) is 18.3 Å². The van der Waals surface area contributed by atoms with Gasteiger partial charge in [-0.1, -0.05) is 0 Å². The third-order valence-electron chi connectivity index (χ3n) is 2.40. The lowest BCUT2D eigenvalue weighted by Gasteiger charge is -1.97. The fourth-order valence-electron chi connectivity index (χ4n) is 1.59. The predicted octanol–water partition coefficient (Wildman–Crippen LogP) is 2.10. The van der Waals surface area contributed by atoms with Crippen molar-refractivity contribution in [2.24, 2.45) is 0 Å². The Kier molecular flexibility index (Phi) is 2.25. The zero-order valence-electron chi connectivity index (χ0n) is 8.74. The smallest absolute Gasteiger partial charge is 0.137 e. The second-order valence-corrected chi connectivity index (χ2v) is 3.51. The zero-order valence-corrected chi connectivity index (χ0v) is 8.74. The summed E-state index contributed by atoms with van der Waals surface area (Å²) in [5.41, 5.74) is 4.39. The second-order valence-electron chi connectivity index (χ2n) is 3.51. The first kappa shape index (κ1) is 9.21. The maximum Gasteiger partial charge on any atom is 0.137 e. The molecule has 2 rings (SSSR count). The van der Waals surface area contributed by atoms with Crippen molar-refractivity contribution in [1.29, 1.82) is 0 Å². The van der Waals surface area contributed by atoms with Crippen molar-refractivity contribution in [1.82, 2.24) is 9.38 Å². The lowest BCUT2D eigenvalue weighted by molar-refractivity contribution is 0.181. The van der Waals surface area contributed by atoms with E-state index in [9.17, 15) is 0 Å². The molecule has 0 aliphatic carbocycles. The van der Waals surface area contributed by atoms with Crippen molar-refractivity contribution < 1.29 is 4.74 Å². The van der Waals surface area contributed by atoms with Gasteiger partial charge in [-0.25, -0.2) is 4.98 Å². The molecule has 0 unspecified atom stereocenters. The number of pyridine rings is 1. The van der Waals surface area contributed by atoms with Crippen molar-refractivity contribution in [3.8, 4) is 0 Å². The number of aryl methyl sites for hydroxylation is 2. The van der Waals surface area contributed by atoms with Crippen LogP contribution in [-0.4, -0.2) is 16.5 Å². The van der Waals surface area contributed by atoms with Gasteiger partial charge < -0.3 is 9.14 Å². The summed E-state index contributed by atoms with van der Waals surface area (Å²) in [7, 11) is 1.69. The number of hydrogen-bond acceptors (Lipinski definition) is 2. The van der Waals surface area contributed by atoms with Gasteiger partial charge in [0.25, 0.3) is 0 Å². The molecule has 14 heavy (non-hydrogen) atoms. The highest BCUT2D eigenvalue weighted by molar-refractivity contribution is 5.45. The van der Waals surface area contributed by atoms with Gasteiger partial charge in [0.1, 0.15) is 5.65 Å². The van der Waals surface area contributed by atoms with Crippen molar-refractivity contribution in [3.63, 3.8) is 0 Å². The lowest BCUT2D eigenvalue weighted by atomic mass is 10.3. The summed E-state index contributed by atoms with van der Waals surface area (Å²) in [5, 5.41) is 0. The standard InChI is InChI=1S/C11H14N2O/c1-8-4-5-13-9(2)10(7-14-3)12-11(13)6-8/h4-6H,7H2,1-3H3. The topological polar surface area (TPSA) is 26.5 Å². The van der Waals surface area contributed by atoms with Crippen molar-refractivity contribution >= 4 is 5.65 Å². The SMILES string of the molecule is COCc1nc2cc(C)ccn2c1C. The normalized spacial score (nSPS) is 11.1. The Hall–Kier alpha value is -1.35. The summed E-state index contributed by atoms with van der Waals surface area (Å²) in [6.45, 7) is 4.70. The molecular formula is C11H14N2O. The summed E-state index contributed by atoms with van der Waals surface area (Å²) in [5.74, 6) is 0. The van der Waals surface area contributed by atoms with Gasteiger partial charge >= 0.3 is 0 Å². The number of methoxy groups -OCH3 is 1. The number of nitrogens with zero attached hydrogens (tertiary/aromatic N) is 2. The minimum absolute atomic E-state index is 0.576. The van der Waals surface area contributed by atoms with Crippen LogP contribution in [0.4, 0.5) is 0 Å². The van der Waals surface area contributed by atoms with Gasteiger partial charge in [-0.15, -0.1) is 0 Å². The second kappa shape index (κ2) is 3.42. The third kappa shape index (κ3) is 1.40. The summed E-state index contributed by atoms with van der Waals surface area (Å²) in [6.07, 6.45) is 2.05. The van der Waals surface area contributed by atoms with Crippen LogP contribution < -0.4 is 0 Å². The highest BCUT2D eigenvalue weighted by atomic mass is 16.5. The fraction of sp³-hybridized carbons (Fsp3) is 0.364. The molecule has 0 fully saturated rings.